The van der Waals surface area contributed by atoms with Gasteiger partial charge in [0.1, 0.15) is 11.5 Å². The summed E-state index contributed by atoms with van der Waals surface area (Å²) in [6.07, 6.45) is 1.23. The molecule has 0 radical (unpaired) electrons. The average molecular weight is 383 g/mol. The molecule has 0 saturated carbocycles. The van der Waals surface area contributed by atoms with Gasteiger partial charge in [-0.2, -0.15) is 0 Å². The van der Waals surface area contributed by atoms with Crippen molar-refractivity contribution in [2.45, 2.75) is 26.7 Å². The van der Waals surface area contributed by atoms with Crippen LogP contribution in [0.3, 0.4) is 0 Å². The Morgan fingerprint density at radius 1 is 1.04 bits per heavy atom. The van der Waals surface area contributed by atoms with Gasteiger partial charge in [-0.1, -0.05) is 31.5 Å². The number of hydrogen-bond acceptors (Lipinski definition) is 3. The molecule has 2 heterocycles. The maximum atomic E-state index is 13.5. The van der Waals surface area contributed by atoms with E-state index in [9.17, 15) is 14.0 Å². The highest BCUT2D eigenvalue weighted by atomic mass is 35.5. The third-order valence-electron chi connectivity index (χ3n) is 4.88. The van der Waals surface area contributed by atoms with Crippen LogP contribution < -0.4 is 4.90 Å². The molecule has 1 aliphatic rings. The minimum Gasteiger partial charge on any atom is -0.268 e. The van der Waals surface area contributed by atoms with E-state index in [1.807, 2.05) is 19.9 Å². The van der Waals surface area contributed by atoms with E-state index in [1.54, 1.807) is 6.07 Å². The minimum absolute atomic E-state index is 0.0863. The standard InChI is InChI=1S/C21H16ClFN2O2/c1-3-11-5-7-16(22)14(4-2)19(11)25-20(26)15-10-12-9-13(23)6-8-17(12)24-18(15)21(25)27/h5-10H,3-4H2,1-2H3. The molecule has 4 rings (SSSR count). The molecule has 0 spiro atoms. The lowest BCUT2D eigenvalue weighted by molar-refractivity contribution is 0.0924. The molecule has 2 amide bonds. The van der Waals surface area contributed by atoms with Gasteiger partial charge >= 0.3 is 0 Å². The summed E-state index contributed by atoms with van der Waals surface area (Å²) in [5.41, 5.74) is 2.89. The number of anilines is 1. The summed E-state index contributed by atoms with van der Waals surface area (Å²) < 4.78 is 13.5. The van der Waals surface area contributed by atoms with Crippen LogP contribution in [0.4, 0.5) is 10.1 Å². The highest BCUT2D eigenvalue weighted by molar-refractivity contribution is 6.36. The molecule has 2 aromatic carbocycles. The van der Waals surface area contributed by atoms with Crippen molar-refractivity contribution in [3.05, 3.63) is 69.6 Å². The third-order valence-corrected chi connectivity index (χ3v) is 5.24. The van der Waals surface area contributed by atoms with Crippen LogP contribution in [0.5, 0.6) is 0 Å². The molecule has 0 bridgehead atoms. The van der Waals surface area contributed by atoms with Gasteiger partial charge in [-0.05, 0) is 54.3 Å². The van der Waals surface area contributed by atoms with E-state index < -0.39 is 17.6 Å². The van der Waals surface area contributed by atoms with E-state index in [1.165, 1.54) is 24.3 Å². The van der Waals surface area contributed by atoms with Crippen LogP contribution in [0.15, 0.2) is 36.4 Å². The molecule has 4 nitrogen and oxygen atoms in total. The fraction of sp³-hybridized carbons (Fsp3) is 0.190. The van der Waals surface area contributed by atoms with Gasteiger partial charge in [-0.25, -0.2) is 14.3 Å². The molecule has 1 aromatic heterocycles. The Bertz CT molecular complexity index is 1130. The summed E-state index contributed by atoms with van der Waals surface area (Å²) in [7, 11) is 0. The summed E-state index contributed by atoms with van der Waals surface area (Å²) >= 11 is 6.34. The van der Waals surface area contributed by atoms with Crippen LogP contribution in [0, 0.1) is 5.82 Å². The van der Waals surface area contributed by atoms with Gasteiger partial charge in [-0.3, -0.25) is 9.59 Å². The summed E-state index contributed by atoms with van der Waals surface area (Å²) in [6.45, 7) is 3.89. The average Bonchev–Trinajstić information content (AvgIpc) is 2.89. The minimum atomic E-state index is -0.479. The highest BCUT2D eigenvalue weighted by Gasteiger charge is 2.40. The summed E-state index contributed by atoms with van der Waals surface area (Å²) in [4.78, 5) is 31.7. The summed E-state index contributed by atoms with van der Waals surface area (Å²) in [5.74, 6) is -1.36. The highest BCUT2D eigenvalue weighted by Crippen LogP contribution is 2.37. The van der Waals surface area contributed by atoms with Crippen LogP contribution in [-0.4, -0.2) is 16.8 Å². The Hall–Kier alpha value is -2.79. The molecular weight excluding hydrogens is 367 g/mol. The third kappa shape index (κ3) is 2.61. The SMILES string of the molecule is CCc1ccc(Cl)c(CC)c1N1C(=O)c2cc3cc(F)ccc3nc2C1=O. The Balaban J connectivity index is 1.94. The molecule has 0 atom stereocenters. The van der Waals surface area contributed by atoms with Crippen LogP contribution in [0.1, 0.15) is 45.8 Å². The van der Waals surface area contributed by atoms with Gasteiger partial charge < -0.3 is 0 Å². The smallest absolute Gasteiger partial charge is 0.268 e. The van der Waals surface area contributed by atoms with Crippen LogP contribution in [0.2, 0.25) is 5.02 Å². The summed E-state index contributed by atoms with van der Waals surface area (Å²) in [5, 5.41) is 0.996. The Morgan fingerprint density at radius 2 is 1.81 bits per heavy atom. The lowest BCUT2D eigenvalue weighted by Gasteiger charge is -2.22. The van der Waals surface area contributed by atoms with Crippen LogP contribution >= 0.6 is 11.6 Å². The van der Waals surface area contributed by atoms with Crippen molar-refractivity contribution in [2.75, 3.05) is 4.90 Å². The first-order chi connectivity index (χ1) is 13.0. The van der Waals surface area contributed by atoms with Gasteiger partial charge in [0.25, 0.3) is 11.8 Å². The van der Waals surface area contributed by atoms with E-state index >= 15 is 0 Å². The molecule has 0 unspecified atom stereocenters. The van der Waals surface area contributed by atoms with Crippen molar-refractivity contribution in [2.24, 2.45) is 0 Å². The number of carbonyl (C=O) groups excluding carboxylic acids is 2. The summed E-state index contributed by atoms with van der Waals surface area (Å²) in [6, 6.07) is 9.23. The molecule has 0 N–H and O–H groups in total. The first-order valence-electron chi connectivity index (χ1n) is 8.75. The van der Waals surface area contributed by atoms with E-state index in [0.29, 0.717) is 34.5 Å². The topological polar surface area (TPSA) is 50.3 Å². The van der Waals surface area contributed by atoms with Gasteiger partial charge in [0.15, 0.2) is 0 Å². The van der Waals surface area contributed by atoms with E-state index in [-0.39, 0.29) is 11.3 Å². The molecule has 6 heteroatoms. The molecule has 27 heavy (non-hydrogen) atoms. The number of nitrogens with zero attached hydrogens (tertiary/aromatic N) is 2. The molecular formula is C21H16ClFN2O2. The van der Waals surface area contributed by atoms with Gasteiger partial charge in [0, 0.05) is 10.4 Å². The van der Waals surface area contributed by atoms with Crippen molar-refractivity contribution >= 4 is 40.0 Å². The number of pyridine rings is 1. The number of amides is 2. The predicted octanol–water partition coefficient (Wildman–Crippen LogP) is 4.95. The Kier molecular flexibility index (Phi) is 4.19. The second-order valence-electron chi connectivity index (χ2n) is 6.41. The van der Waals surface area contributed by atoms with Gasteiger partial charge in [-0.15, -0.1) is 0 Å². The fourth-order valence-electron chi connectivity index (χ4n) is 3.56. The van der Waals surface area contributed by atoms with E-state index in [4.69, 9.17) is 11.6 Å². The number of aromatic nitrogens is 1. The zero-order valence-corrected chi connectivity index (χ0v) is 15.6. The van der Waals surface area contributed by atoms with E-state index in [2.05, 4.69) is 4.98 Å². The van der Waals surface area contributed by atoms with Gasteiger partial charge in [0.05, 0.1) is 16.8 Å². The number of halogens is 2. The van der Waals surface area contributed by atoms with Crippen molar-refractivity contribution in [3.63, 3.8) is 0 Å². The monoisotopic (exact) mass is 382 g/mol. The zero-order valence-electron chi connectivity index (χ0n) is 14.8. The lowest BCUT2D eigenvalue weighted by atomic mass is 10.0. The number of aryl methyl sites for hydroxylation is 1. The van der Waals surface area contributed by atoms with Crippen molar-refractivity contribution in [1.82, 2.24) is 4.98 Å². The van der Waals surface area contributed by atoms with Crippen molar-refractivity contribution in [1.29, 1.82) is 0 Å². The normalized spacial score (nSPS) is 13.6. The fourth-order valence-corrected chi connectivity index (χ4v) is 3.84. The lowest BCUT2D eigenvalue weighted by Crippen LogP contribution is -2.31. The number of rotatable bonds is 3. The maximum absolute atomic E-state index is 13.5. The number of carbonyl (C=O) groups is 2. The van der Waals surface area contributed by atoms with Crippen LogP contribution in [-0.2, 0) is 12.8 Å². The number of imide groups is 1. The first kappa shape index (κ1) is 17.6. The second kappa shape index (κ2) is 6.43. The molecule has 0 fully saturated rings. The maximum Gasteiger partial charge on any atom is 0.284 e. The number of benzene rings is 2. The number of hydrogen-bond donors (Lipinski definition) is 0. The van der Waals surface area contributed by atoms with Crippen molar-refractivity contribution < 1.29 is 14.0 Å². The Morgan fingerprint density at radius 3 is 2.52 bits per heavy atom. The number of fused-ring (bicyclic) bond motifs is 2. The van der Waals surface area contributed by atoms with Gasteiger partial charge in [0.2, 0.25) is 0 Å². The first-order valence-corrected chi connectivity index (χ1v) is 9.13. The zero-order chi connectivity index (χ0) is 19.3. The molecule has 0 aliphatic carbocycles. The Labute approximate surface area is 160 Å². The molecule has 136 valence electrons. The van der Waals surface area contributed by atoms with E-state index in [0.717, 1.165) is 16.0 Å². The molecule has 0 saturated heterocycles. The molecule has 3 aromatic rings. The largest absolute Gasteiger partial charge is 0.284 e. The van der Waals surface area contributed by atoms with Crippen molar-refractivity contribution in [3.8, 4) is 0 Å². The second-order valence-corrected chi connectivity index (χ2v) is 6.82. The van der Waals surface area contributed by atoms with Crippen LogP contribution in [0.25, 0.3) is 10.9 Å². The quantitative estimate of drug-likeness (QED) is 0.602. The predicted molar refractivity (Wildman–Crippen MR) is 103 cm³/mol. The molecule has 1 aliphatic heterocycles.